The zero-order chi connectivity index (χ0) is 12.8. The average Bonchev–Trinajstić information content (AvgIpc) is 2.40. The quantitative estimate of drug-likeness (QED) is 0.654. The number of carbonyl (C=O) groups is 1. The molecule has 18 heavy (non-hydrogen) atoms. The fourth-order valence-corrected chi connectivity index (χ4v) is 2.15. The zero-order valence-corrected chi connectivity index (χ0v) is 10.6. The number of carbonyl (C=O) groups excluding carboxylic acids is 1. The lowest BCUT2D eigenvalue weighted by Crippen LogP contribution is -2.13. The topological polar surface area (TPSA) is 55.1 Å². The summed E-state index contributed by atoms with van der Waals surface area (Å²) in [5.41, 5.74) is 7.03. The van der Waals surface area contributed by atoms with Crippen LogP contribution in [0.2, 0.25) is 0 Å². The van der Waals surface area contributed by atoms with Crippen LogP contribution in [0, 0.1) is 0 Å². The van der Waals surface area contributed by atoms with Crippen LogP contribution < -0.4 is 11.1 Å². The first-order chi connectivity index (χ1) is 8.74. The maximum atomic E-state index is 11.7. The lowest BCUT2D eigenvalue weighted by molar-refractivity contribution is -0.113. The summed E-state index contributed by atoms with van der Waals surface area (Å²) >= 11 is 1.51. The maximum Gasteiger partial charge on any atom is 0.234 e. The number of hydrogen-bond acceptors (Lipinski definition) is 3. The molecule has 0 spiro atoms. The summed E-state index contributed by atoms with van der Waals surface area (Å²) in [6.07, 6.45) is 0. The first kappa shape index (κ1) is 12.5. The fraction of sp³-hybridized carbons (Fsp3) is 0.0714. The molecular formula is C14H14N2OS. The summed E-state index contributed by atoms with van der Waals surface area (Å²) in [4.78, 5) is 12.8. The molecule has 0 unspecified atom stereocenters. The van der Waals surface area contributed by atoms with Gasteiger partial charge in [0.1, 0.15) is 0 Å². The van der Waals surface area contributed by atoms with Gasteiger partial charge in [-0.3, -0.25) is 4.79 Å². The number of hydrogen-bond donors (Lipinski definition) is 2. The van der Waals surface area contributed by atoms with E-state index in [4.69, 9.17) is 5.73 Å². The molecule has 92 valence electrons. The molecule has 0 aliphatic carbocycles. The van der Waals surface area contributed by atoms with Crippen molar-refractivity contribution in [3.8, 4) is 0 Å². The molecule has 0 saturated heterocycles. The highest BCUT2D eigenvalue weighted by Crippen LogP contribution is 2.17. The SMILES string of the molecule is Nc1ccc(NC(=O)CSc2ccccc2)cc1. The average molecular weight is 258 g/mol. The predicted octanol–water partition coefficient (Wildman–Crippen LogP) is 3.00. The van der Waals surface area contributed by atoms with Crippen LogP contribution in [0.4, 0.5) is 11.4 Å². The molecule has 0 fully saturated rings. The van der Waals surface area contributed by atoms with E-state index in [1.807, 2.05) is 30.3 Å². The van der Waals surface area contributed by atoms with Crippen molar-refractivity contribution in [2.24, 2.45) is 0 Å². The van der Waals surface area contributed by atoms with Crippen molar-refractivity contribution in [1.29, 1.82) is 0 Å². The van der Waals surface area contributed by atoms with Gasteiger partial charge in [0.05, 0.1) is 5.75 Å². The van der Waals surface area contributed by atoms with E-state index in [2.05, 4.69) is 5.32 Å². The van der Waals surface area contributed by atoms with Gasteiger partial charge in [-0.15, -0.1) is 11.8 Å². The molecule has 0 bridgehead atoms. The number of nitrogens with two attached hydrogens (primary N) is 1. The van der Waals surface area contributed by atoms with Gasteiger partial charge in [-0.2, -0.15) is 0 Å². The molecule has 0 aromatic heterocycles. The Morgan fingerprint density at radius 1 is 1.06 bits per heavy atom. The molecule has 0 saturated carbocycles. The second-order valence-corrected chi connectivity index (χ2v) is 4.82. The zero-order valence-electron chi connectivity index (χ0n) is 9.80. The van der Waals surface area contributed by atoms with Crippen molar-refractivity contribution in [2.75, 3.05) is 16.8 Å². The van der Waals surface area contributed by atoms with E-state index in [0.29, 0.717) is 11.4 Å². The third-order valence-corrected chi connectivity index (χ3v) is 3.32. The van der Waals surface area contributed by atoms with E-state index >= 15 is 0 Å². The highest BCUT2D eigenvalue weighted by molar-refractivity contribution is 8.00. The Morgan fingerprint density at radius 3 is 2.39 bits per heavy atom. The summed E-state index contributed by atoms with van der Waals surface area (Å²) in [5.74, 6) is 0.377. The first-order valence-electron chi connectivity index (χ1n) is 5.57. The summed E-state index contributed by atoms with van der Waals surface area (Å²) in [6.45, 7) is 0. The van der Waals surface area contributed by atoms with Crippen LogP contribution in [0.1, 0.15) is 0 Å². The number of anilines is 2. The Kier molecular flexibility index (Phi) is 4.25. The van der Waals surface area contributed by atoms with Crippen molar-refractivity contribution in [2.45, 2.75) is 4.90 Å². The number of thioether (sulfide) groups is 1. The van der Waals surface area contributed by atoms with Crippen LogP contribution in [0.25, 0.3) is 0 Å². The van der Waals surface area contributed by atoms with E-state index in [9.17, 15) is 4.79 Å². The molecule has 1 amide bonds. The predicted molar refractivity (Wildman–Crippen MR) is 76.7 cm³/mol. The summed E-state index contributed by atoms with van der Waals surface area (Å²) in [5, 5.41) is 2.82. The van der Waals surface area contributed by atoms with Crippen LogP contribution in [-0.2, 0) is 4.79 Å². The molecule has 3 N–H and O–H groups in total. The molecule has 2 rings (SSSR count). The number of rotatable bonds is 4. The molecular weight excluding hydrogens is 244 g/mol. The van der Waals surface area contributed by atoms with Crippen LogP contribution in [0.15, 0.2) is 59.5 Å². The molecule has 2 aromatic rings. The van der Waals surface area contributed by atoms with Gasteiger partial charge in [-0.05, 0) is 36.4 Å². The molecule has 0 aliphatic heterocycles. The molecule has 3 nitrogen and oxygen atoms in total. The van der Waals surface area contributed by atoms with Gasteiger partial charge in [-0.25, -0.2) is 0 Å². The second kappa shape index (κ2) is 6.12. The molecule has 0 aliphatic rings. The molecule has 0 atom stereocenters. The van der Waals surface area contributed by atoms with Crippen LogP contribution in [0.3, 0.4) is 0 Å². The Balaban J connectivity index is 1.84. The minimum atomic E-state index is -0.0198. The Hall–Kier alpha value is -1.94. The summed E-state index contributed by atoms with van der Waals surface area (Å²) in [7, 11) is 0. The molecule has 0 heterocycles. The van der Waals surface area contributed by atoms with Crippen molar-refractivity contribution in [1.82, 2.24) is 0 Å². The van der Waals surface area contributed by atoms with Gasteiger partial charge in [0.15, 0.2) is 0 Å². The Labute approximate surface area is 110 Å². The van der Waals surface area contributed by atoms with Crippen LogP contribution in [-0.4, -0.2) is 11.7 Å². The van der Waals surface area contributed by atoms with Gasteiger partial charge in [-0.1, -0.05) is 18.2 Å². The third-order valence-electron chi connectivity index (χ3n) is 2.31. The molecule has 4 heteroatoms. The minimum absolute atomic E-state index is 0.0198. The molecule has 2 aromatic carbocycles. The number of nitrogens with one attached hydrogen (secondary N) is 1. The summed E-state index contributed by atoms with van der Waals surface area (Å²) in [6, 6.07) is 17.0. The van der Waals surface area contributed by atoms with Crippen molar-refractivity contribution < 1.29 is 4.79 Å². The minimum Gasteiger partial charge on any atom is -0.399 e. The largest absolute Gasteiger partial charge is 0.399 e. The third kappa shape index (κ3) is 3.82. The number of benzene rings is 2. The number of nitrogen functional groups attached to an aromatic ring is 1. The van der Waals surface area contributed by atoms with Crippen molar-refractivity contribution in [3.63, 3.8) is 0 Å². The molecule has 0 radical (unpaired) electrons. The van der Waals surface area contributed by atoms with E-state index in [0.717, 1.165) is 10.6 Å². The van der Waals surface area contributed by atoms with E-state index < -0.39 is 0 Å². The number of amides is 1. The summed E-state index contributed by atoms with van der Waals surface area (Å²) < 4.78 is 0. The van der Waals surface area contributed by atoms with E-state index in [-0.39, 0.29) is 5.91 Å². The standard InChI is InChI=1S/C14H14N2OS/c15-11-6-8-12(9-7-11)16-14(17)10-18-13-4-2-1-3-5-13/h1-9H,10,15H2,(H,16,17). The van der Waals surface area contributed by atoms with Gasteiger partial charge in [0.2, 0.25) is 5.91 Å². The highest BCUT2D eigenvalue weighted by atomic mass is 32.2. The normalized spacial score (nSPS) is 10.0. The van der Waals surface area contributed by atoms with Crippen molar-refractivity contribution in [3.05, 3.63) is 54.6 Å². The smallest absolute Gasteiger partial charge is 0.234 e. The fourth-order valence-electron chi connectivity index (χ4n) is 1.43. The van der Waals surface area contributed by atoms with Gasteiger partial charge >= 0.3 is 0 Å². The van der Waals surface area contributed by atoms with E-state index in [1.54, 1.807) is 24.3 Å². The highest BCUT2D eigenvalue weighted by Gasteiger charge is 2.03. The first-order valence-corrected chi connectivity index (χ1v) is 6.56. The van der Waals surface area contributed by atoms with Crippen LogP contribution >= 0.6 is 11.8 Å². The van der Waals surface area contributed by atoms with Gasteiger partial charge in [0.25, 0.3) is 0 Å². The monoisotopic (exact) mass is 258 g/mol. The Bertz CT molecular complexity index is 511. The lowest BCUT2D eigenvalue weighted by atomic mass is 10.3. The lowest BCUT2D eigenvalue weighted by Gasteiger charge is -2.05. The maximum absolute atomic E-state index is 11.7. The van der Waals surface area contributed by atoms with E-state index in [1.165, 1.54) is 11.8 Å². The van der Waals surface area contributed by atoms with Gasteiger partial charge < -0.3 is 11.1 Å². The van der Waals surface area contributed by atoms with Gasteiger partial charge in [0, 0.05) is 16.3 Å². The second-order valence-electron chi connectivity index (χ2n) is 3.77. The van der Waals surface area contributed by atoms with Crippen LogP contribution in [0.5, 0.6) is 0 Å². The van der Waals surface area contributed by atoms with Crippen molar-refractivity contribution >= 4 is 29.0 Å². The Morgan fingerprint density at radius 2 is 1.72 bits per heavy atom.